The quantitative estimate of drug-likeness (QED) is 0.909. The summed E-state index contributed by atoms with van der Waals surface area (Å²) < 4.78 is 0. The lowest BCUT2D eigenvalue weighted by atomic mass is 10.2. The lowest BCUT2D eigenvalue weighted by Crippen LogP contribution is -2.22. The van der Waals surface area contributed by atoms with Crippen LogP contribution >= 0.6 is 11.3 Å². The number of carboxylic acid groups (broad SMARTS) is 1. The van der Waals surface area contributed by atoms with E-state index < -0.39 is 5.97 Å². The minimum absolute atomic E-state index is 0.146. The molecule has 100 valence electrons. The monoisotopic (exact) mass is 277 g/mol. The fraction of sp³-hybridized carbons (Fsp3) is 0.308. The predicted molar refractivity (Wildman–Crippen MR) is 74.8 cm³/mol. The molecular weight excluding hydrogens is 262 g/mol. The number of aromatic nitrogens is 2. The smallest absolute Gasteiger partial charge is 0.355 e. The zero-order valence-corrected chi connectivity index (χ0v) is 11.6. The lowest BCUT2D eigenvalue weighted by molar-refractivity contribution is 0.0690. The standard InChI is InChI=1S/C13H15N3O2S/c1-3-16(8-10-4-6-14-7-5-10)13-15-11(12(17)18)9(2)19-13/h4-7H,3,8H2,1-2H3,(H,17,18). The Bertz CT molecular complexity index is 569. The summed E-state index contributed by atoms with van der Waals surface area (Å²) in [6.45, 7) is 5.28. The van der Waals surface area contributed by atoms with Crippen LogP contribution in [0.5, 0.6) is 0 Å². The van der Waals surface area contributed by atoms with E-state index in [9.17, 15) is 4.79 Å². The third-order valence-electron chi connectivity index (χ3n) is 2.76. The van der Waals surface area contributed by atoms with Crippen LogP contribution in [0.15, 0.2) is 24.5 Å². The van der Waals surface area contributed by atoms with E-state index in [4.69, 9.17) is 5.11 Å². The molecule has 0 bridgehead atoms. The van der Waals surface area contributed by atoms with E-state index in [1.54, 1.807) is 19.3 Å². The number of carbonyl (C=O) groups is 1. The van der Waals surface area contributed by atoms with Crippen LogP contribution in [-0.4, -0.2) is 27.6 Å². The number of rotatable bonds is 5. The van der Waals surface area contributed by atoms with Crippen molar-refractivity contribution in [3.63, 3.8) is 0 Å². The molecule has 0 saturated carbocycles. The molecule has 0 unspecified atom stereocenters. The molecule has 2 aromatic rings. The molecule has 2 rings (SSSR count). The Hall–Kier alpha value is -1.95. The number of hydrogen-bond donors (Lipinski definition) is 1. The van der Waals surface area contributed by atoms with Crippen molar-refractivity contribution in [2.75, 3.05) is 11.4 Å². The third kappa shape index (κ3) is 3.08. The van der Waals surface area contributed by atoms with Crippen molar-refractivity contribution in [1.29, 1.82) is 0 Å². The van der Waals surface area contributed by atoms with Gasteiger partial charge in [0.25, 0.3) is 0 Å². The fourth-order valence-electron chi connectivity index (χ4n) is 1.74. The van der Waals surface area contributed by atoms with Gasteiger partial charge in [-0.1, -0.05) is 0 Å². The maximum atomic E-state index is 11.0. The van der Waals surface area contributed by atoms with E-state index in [1.807, 2.05) is 19.1 Å². The fourth-order valence-corrected chi connectivity index (χ4v) is 2.70. The highest BCUT2D eigenvalue weighted by Crippen LogP contribution is 2.26. The zero-order chi connectivity index (χ0) is 13.8. The molecule has 0 spiro atoms. The SMILES string of the molecule is CCN(Cc1ccncc1)c1nc(C(=O)O)c(C)s1. The molecule has 0 saturated heterocycles. The maximum absolute atomic E-state index is 11.0. The Morgan fingerprint density at radius 1 is 1.42 bits per heavy atom. The summed E-state index contributed by atoms with van der Waals surface area (Å²) in [6.07, 6.45) is 3.50. The summed E-state index contributed by atoms with van der Waals surface area (Å²) in [6, 6.07) is 3.89. The molecule has 19 heavy (non-hydrogen) atoms. The maximum Gasteiger partial charge on any atom is 0.355 e. The van der Waals surface area contributed by atoms with Crippen molar-refractivity contribution >= 4 is 22.4 Å². The number of aryl methyl sites for hydroxylation is 1. The number of hydrogen-bond acceptors (Lipinski definition) is 5. The lowest BCUT2D eigenvalue weighted by Gasteiger charge is -2.19. The second kappa shape index (κ2) is 5.79. The van der Waals surface area contributed by atoms with Gasteiger partial charge in [0.2, 0.25) is 0 Å². The molecule has 0 fully saturated rings. The number of pyridine rings is 1. The average Bonchev–Trinajstić information content (AvgIpc) is 2.79. The van der Waals surface area contributed by atoms with Crippen molar-refractivity contribution in [3.8, 4) is 0 Å². The summed E-state index contributed by atoms with van der Waals surface area (Å²) in [5.74, 6) is -0.972. The second-order valence-electron chi connectivity index (χ2n) is 4.08. The molecule has 2 aromatic heterocycles. The van der Waals surface area contributed by atoms with Crippen LogP contribution < -0.4 is 4.90 Å². The first kappa shape index (κ1) is 13.5. The van der Waals surface area contributed by atoms with Crippen molar-refractivity contribution in [3.05, 3.63) is 40.7 Å². The van der Waals surface area contributed by atoms with Gasteiger partial charge in [-0.05, 0) is 31.5 Å². The molecule has 0 radical (unpaired) electrons. The van der Waals surface area contributed by atoms with Crippen LogP contribution in [0, 0.1) is 6.92 Å². The van der Waals surface area contributed by atoms with Gasteiger partial charge in [-0.2, -0.15) is 0 Å². The van der Waals surface area contributed by atoms with E-state index in [0.717, 1.165) is 22.1 Å². The Morgan fingerprint density at radius 3 is 2.63 bits per heavy atom. The van der Waals surface area contributed by atoms with E-state index in [2.05, 4.69) is 14.9 Å². The molecule has 0 atom stereocenters. The van der Waals surface area contributed by atoms with Crippen molar-refractivity contribution in [1.82, 2.24) is 9.97 Å². The first-order valence-corrected chi connectivity index (χ1v) is 6.78. The Labute approximate surface area is 115 Å². The van der Waals surface area contributed by atoms with Crippen LogP contribution in [-0.2, 0) is 6.54 Å². The molecule has 6 heteroatoms. The molecule has 5 nitrogen and oxygen atoms in total. The van der Waals surface area contributed by atoms with Crippen molar-refractivity contribution in [2.45, 2.75) is 20.4 Å². The number of nitrogens with zero attached hydrogens (tertiary/aromatic N) is 3. The summed E-state index contributed by atoms with van der Waals surface area (Å²) in [5.41, 5.74) is 1.27. The number of aromatic carboxylic acids is 1. The Balaban J connectivity index is 2.22. The van der Waals surface area contributed by atoms with E-state index in [1.165, 1.54) is 11.3 Å². The minimum Gasteiger partial charge on any atom is -0.476 e. The Morgan fingerprint density at radius 2 is 2.11 bits per heavy atom. The van der Waals surface area contributed by atoms with Crippen LogP contribution in [0.3, 0.4) is 0 Å². The normalized spacial score (nSPS) is 10.4. The topological polar surface area (TPSA) is 66.3 Å². The minimum atomic E-state index is -0.972. The van der Waals surface area contributed by atoms with E-state index in [-0.39, 0.29) is 5.69 Å². The molecule has 1 N–H and O–H groups in total. The third-order valence-corrected chi connectivity index (χ3v) is 3.79. The van der Waals surface area contributed by atoms with Gasteiger partial charge in [0.1, 0.15) is 0 Å². The largest absolute Gasteiger partial charge is 0.476 e. The summed E-state index contributed by atoms with van der Waals surface area (Å²) >= 11 is 1.41. The van der Waals surface area contributed by atoms with E-state index >= 15 is 0 Å². The number of thiazole rings is 1. The van der Waals surface area contributed by atoms with Gasteiger partial charge in [0, 0.05) is 30.4 Å². The highest BCUT2D eigenvalue weighted by molar-refractivity contribution is 7.15. The van der Waals surface area contributed by atoms with Gasteiger partial charge >= 0.3 is 5.97 Å². The average molecular weight is 277 g/mol. The number of anilines is 1. The van der Waals surface area contributed by atoms with Gasteiger partial charge < -0.3 is 10.0 Å². The van der Waals surface area contributed by atoms with Gasteiger partial charge in [-0.3, -0.25) is 4.98 Å². The molecular formula is C13H15N3O2S. The van der Waals surface area contributed by atoms with Crippen LogP contribution in [0.2, 0.25) is 0 Å². The highest BCUT2D eigenvalue weighted by atomic mass is 32.1. The summed E-state index contributed by atoms with van der Waals surface area (Å²) in [5, 5.41) is 9.79. The summed E-state index contributed by atoms with van der Waals surface area (Å²) in [7, 11) is 0. The predicted octanol–water partition coefficient (Wildman–Crippen LogP) is 2.57. The Kier molecular flexibility index (Phi) is 4.11. The summed E-state index contributed by atoms with van der Waals surface area (Å²) in [4.78, 5) is 22.0. The van der Waals surface area contributed by atoms with Gasteiger partial charge in [0.05, 0.1) is 0 Å². The van der Waals surface area contributed by atoms with Gasteiger partial charge in [0.15, 0.2) is 10.8 Å². The molecule has 0 aliphatic rings. The van der Waals surface area contributed by atoms with Crippen LogP contribution in [0.25, 0.3) is 0 Å². The van der Waals surface area contributed by atoms with Gasteiger partial charge in [-0.15, -0.1) is 11.3 Å². The highest BCUT2D eigenvalue weighted by Gasteiger charge is 2.17. The van der Waals surface area contributed by atoms with Crippen molar-refractivity contribution < 1.29 is 9.90 Å². The molecule has 0 aromatic carbocycles. The zero-order valence-electron chi connectivity index (χ0n) is 10.8. The van der Waals surface area contributed by atoms with Crippen LogP contribution in [0.1, 0.15) is 27.9 Å². The van der Waals surface area contributed by atoms with Crippen LogP contribution in [0.4, 0.5) is 5.13 Å². The van der Waals surface area contributed by atoms with Gasteiger partial charge in [-0.25, -0.2) is 9.78 Å². The second-order valence-corrected chi connectivity index (χ2v) is 5.26. The first-order chi connectivity index (χ1) is 9.11. The molecule has 0 aliphatic heterocycles. The first-order valence-electron chi connectivity index (χ1n) is 5.96. The van der Waals surface area contributed by atoms with E-state index in [0.29, 0.717) is 6.54 Å². The number of carboxylic acids is 1. The molecule has 2 heterocycles. The molecule has 0 amide bonds. The molecule has 0 aliphatic carbocycles. The van der Waals surface area contributed by atoms with Crippen molar-refractivity contribution in [2.24, 2.45) is 0 Å².